The van der Waals surface area contributed by atoms with Crippen LogP contribution < -0.4 is 10.6 Å². The molecule has 106 valence electrons. The van der Waals surface area contributed by atoms with Gasteiger partial charge in [-0.15, -0.1) is 0 Å². The number of carbonyl (C=O) groups excluding carboxylic acids is 1. The Balaban J connectivity index is 1.85. The minimum atomic E-state index is -0.0318. The van der Waals surface area contributed by atoms with Crippen LogP contribution in [0.5, 0.6) is 0 Å². The summed E-state index contributed by atoms with van der Waals surface area (Å²) in [5.41, 5.74) is 2.18. The van der Waals surface area contributed by atoms with E-state index >= 15 is 0 Å². The van der Waals surface area contributed by atoms with E-state index in [0.29, 0.717) is 12.5 Å². The van der Waals surface area contributed by atoms with Gasteiger partial charge in [-0.05, 0) is 32.2 Å². The molecule has 0 saturated carbocycles. The highest BCUT2D eigenvalue weighted by atomic mass is 16.2. The van der Waals surface area contributed by atoms with Crippen molar-refractivity contribution in [2.75, 3.05) is 6.54 Å². The molecular weight excluding hydrogens is 240 g/mol. The van der Waals surface area contributed by atoms with Crippen LogP contribution in [0.2, 0.25) is 0 Å². The van der Waals surface area contributed by atoms with E-state index in [9.17, 15) is 4.79 Å². The van der Waals surface area contributed by atoms with Crippen molar-refractivity contribution < 1.29 is 4.79 Å². The summed E-state index contributed by atoms with van der Waals surface area (Å²) in [6.45, 7) is 5.72. The van der Waals surface area contributed by atoms with Crippen LogP contribution in [-0.4, -0.2) is 28.3 Å². The van der Waals surface area contributed by atoms with Crippen LogP contribution in [-0.2, 0) is 18.4 Å². The number of nitrogens with zero attached hydrogens (tertiary/aromatic N) is 2. The summed E-state index contributed by atoms with van der Waals surface area (Å²) in [6.07, 6.45) is 5.11. The molecule has 2 heterocycles. The first kappa shape index (κ1) is 14.1. The van der Waals surface area contributed by atoms with Crippen molar-refractivity contribution in [1.29, 1.82) is 0 Å². The van der Waals surface area contributed by atoms with Gasteiger partial charge in [0.2, 0.25) is 5.91 Å². The van der Waals surface area contributed by atoms with Crippen molar-refractivity contribution in [2.24, 2.45) is 13.0 Å². The Bertz CT molecular complexity index is 441. The summed E-state index contributed by atoms with van der Waals surface area (Å²) < 4.78 is 1.83. The van der Waals surface area contributed by atoms with Gasteiger partial charge in [-0.1, -0.05) is 13.3 Å². The number of piperidine rings is 1. The van der Waals surface area contributed by atoms with Gasteiger partial charge < -0.3 is 10.6 Å². The van der Waals surface area contributed by atoms with Crippen LogP contribution in [0.1, 0.15) is 37.4 Å². The number of aromatic nitrogens is 2. The molecule has 0 spiro atoms. The van der Waals surface area contributed by atoms with E-state index in [1.54, 1.807) is 0 Å². The molecule has 1 saturated heterocycles. The lowest BCUT2D eigenvalue weighted by atomic mass is 9.90. The van der Waals surface area contributed by atoms with Crippen molar-refractivity contribution in [2.45, 2.75) is 45.7 Å². The molecule has 0 radical (unpaired) electrons. The Morgan fingerprint density at radius 2 is 2.42 bits per heavy atom. The minimum Gasteiger partial charge on any atom is -0.351 e. The predicted molar refractivity (Wildman–Crippen MR) is 74.6 cm³/mol. The molecule has 0 bridgehead atoms. The molecule has 2 rings (SSSR count). The molecule has 1 amide bonds. The van der Waals surface area contributed by atoms with Gasteiger partial charge in [0.1, 0.15) is 0 Å². The average molecular weight is 264 g/mol. The molecule has 1 fully saturated rings. The van der Waals surface area contributed by atoms with Gasteiger partial charge in [-0.3, -0.25) is 9.48 Å². The second kappa shape index (κ2) is 6.19. The highest BCUT2D eigenvalue weighted by Gasteiger charge is 2.25. The Kier molecular flexibility index (Phi) is 4.58. The van der Waals surface area contributed by atoms with E-state index in [1.165, 1.54) is 6.42 Å². The third-order valence-electron chi connectivity index (χ3n) is 4.20. The summed E-state index contributed by atoms with van der Waals surface area (Å²) in [6, 6.07) is -0.0318. The van der Waals surface area contributed by atoms with Gasteiger partial charge in [-0.25, -0.2) is 0 Å². The Hall–Kier alpha value is -1.36. The van der Waals surface area contributed by atoms with Gasteiger partial charge in [0.05, 0.1) is 12.2 Å². The summed E-state index contributed by atoms with van der Waals surface area (Å²) in [5, 5.41) is 10.5. The lowest BCUT2D eigenvalue weighted by Crippen LogP contribution is -2.48. The number of hydrogen-bond acceptors (Lipinski definition) is 3. The second-order valence-corrected chi connectivity index (χ2v) is 5.40. The summed E-state index contributed by atoms with van der Waals surface area (Å²) >= 11 is 0. The summed E-state index contributed by atoms with van der Waals surface area (Å²) in [7, 11) is 1.91. The van der Waals surface area contributed by atoms with Crippen molar-refractivity contribution >= 4 is 5.91 Å². The minimum absolute atomic E-state index is 0.0318. The largest absolute Gasteiger partial charge is 0.351 e. The molecule has 2 N–H and O–H groups in total. The molecule has 5 heteroatoms. The number of amides is 1. The quantitative estimate of drug-likeness (QED) is 0.857. The van der Waals surface area contributed by atoms with Crippen LogP contribution in [0, 0.1) is 12.8 Å². The van der Waals surface area contributed by atoms with E-state index < -0.39 is 0 Å². The van der Waals surface area contributed by atoms with Crippen molar-refractivity contribution in [3.8, 4) is 0 Å². The molecule has 1 aliphatic rings. The van der Waals surface area contributed by atoms with Crippen molar-refractivity contribution in [1.82, 2.24) is 20.4 Å². The van der Waals surface area contributed by atoms with E-state index in [4.69, 9.17) is 0 Å². The maximum Gasteiger partial charge on any atom is 0.237 e. The summed E-state index contributed by atoms with van der Waals surface area (Å²) in [4.78, 5) is 12.2. The van der Waals surface area contributed by atoms with Gasteiger partial charge >= 0.3 is 0 Å². The van der Waals surface area contributed by atoms with Gasteiger partial charge in [-0.2, -0.15) is 5.10 Å². The first-order chi connectivity index (χ1) is 9.11. The number of aryl methyl sites for hydroxylation is 1. The van der Waals surface area contributed by atoms with Gasteiger partial charge in [0.15, 0.2) is 0 Å². The molecule has 0 aliphatic carbocycles. The Labute approximate surface area is 114 Å². The smallest absolute Gasteiger partial charge is 0.237 e. The fourth-order valence-electron chi connectivity index (χ4n) is 2.59. The second-order valence-electron chi connectivity index (χ2n) is 5.40. The zero-order valence-electron chi connectivity index (χ0n) is 12.1. The maximum atomic E-state index is 12.2. The molecule has 5 nitrogen and oxygen atoms in total. The standard InChI is InChI=1S/C14H24N4O/c1-4-11-5-6-15-13(7-11)14(19)16-8-12-9-17-18(3)10(12)2/h9,11,13,15H,4-8H2,1-3H3,(H,16,19). The highest BCUT2D eigenvalue weighted by molar-refractivity contribution is 5.81. The maximum absolute atomic E-state index is 12.2. The van der Waals surface area contributed by atoms with Crippen LogP contribution in [0.15, 0.2) is 6.20 Å². The van der Waals surface area contributed by atoms with Crippen molar-refractivity contribution in [3.05, 3.63) is 17.5 Å². The topological polar surface area (TPSA) is 59.0 Å². The van der Waals surface area contributed by atoms with Crippen LogP contribution >= 0.6 is 0 Å². The lowest BCUT2D eigenvalue weighted by Gasteiger charge is -2.28. The number of carbonyl (C=O) groups is 1. The molecule has 1 aromatic heterocycles. The number of rotatable bonds is 4. The first-order valence-electron chi connectivity index (χ1n) is 7.10. The number of hydrogen-bond donors (Lipinski definition) is 2. The zero-order valence-corrected chi connectivity index (χ0v) is 12.1. The van der Waals surface area contributed by atoms with E-state index in [-0.39, 0.29) is 11.9 Å². The van der Waals surface area contributed by atoms with Crippen LogP contribution in [0.25, 0.3) is 0 Å². The fourth-order valence-corrected chi connectivity index (χ4v) is 2.59. The molecular formula is C14H24N4O. The SMILES string of the molecule is CCC1CCNC(C(=O)NCc2cnn(C)c2C)C1. The number of nitrogens with one attached hydrogen (secondary N) is 2. The van der Waals surface area contributed by atoms with Gasteiger partial charge in [0, 0.05) is 24.8 Å². The van der Waals surface area contributed by atoms with Crippen LogP contribution in [0.4, 0.5) is 0 Å². The zero-order chi connectivity index (χ0) is 13.8. The average Bonchev–Trinajstić information content (AvgIpc) is 2.76. The first-order valence-corrected chi connectivity index (χ1v) is 7.10. The Morgan fingerprint density at radius 3 is 3.05 bits per heavy atom. The third kappa shape index (κ3) is 3.35. The normalized spacial score (nSPS) is 23.3. The molecule has 2 unspecified atom stereocenters. The summed E-state index contributed by atoms with van der Waals surface area (Å²) in [5.74, 6) is 0.790. The lowest BCUT2D eigenvalue weighted by molar-refractivity contribution is -0.124. The van der Waals surface area contributed by atoms with E-state index in [0.717, 1.165) is 30.6 Å². The van der Waals surface area contributed by atoms with Crippen molar-refractivity contribution in [3.63, 3.8) is 0 Å². The van der Waals surface area contributed by atoms with Gasteiger partial charge in [0.25, 0.3) is 0 Å². The van der Waals surface area contributed by atoms with E-state index in [2.05, 4.69) is 22.7 Å². The fraction of sp³-hybridized carbons (Fsp3) is 0.714. The van der Waals surface area contributed by atoms with E-state index in [1.807, 2.05) is 24.9 Å². The molecule has 0 aromatic carbocycles. The molecule has 2 atom stereocenters. The predicted octanol–water partition coefficient (Wildman–Crippen LogP) is 1.12. The molecule has 1 aromatic rings. The highest BCUT2D eigenvalue weighted by Crippen LogP contribution is 2.19. The monoisotopic (exact) mass is 264 g/mol. The van der Waals surface area contributed by atoms with Crippen LogP contribution in [0.3, 0.4) is 0 Å². The molecule has 19 heavy (non-hydrogen) atoms. The third-order valence-corrected chi connectivity index (χ3v) is 4.20. The molecule has 1 aliphatic heterocycles. The Morgan fingerprint density at radius 1 is 1.63 bits per heavy atom.